The van der Waals surface area contributed by atoms with Gasteiger partial charge in [0.15, 0.2) is 0 Å². The van der Waals surface area contributed by atoms with E-state index in [2.05, 4.69) is 5.32 Å². The first kappa shape index (κ1) is 16.7. The lowest BCUT2D eigenvalue weighted by Gasteiger charge is -2.16. The van der Waals surface area contributed by atoms with E-state index in [4.69, 9.17) is 16.3 Å². The number of ether oxygens (including phenoxy) is 1. The second kappa shape index (κ2) is 8.66. The molecule has 1 aliphatic carbocycles. The zero-order chi connectivity index (χ0) is 15.1. The van der Waals surface area contributed by atoms with Gasteiger partial charge in [-0.2, -0.15) is 11.8 Å². The number of nitrogens with one attached hydrogen (secondary N) is 1. The highest BCUT2D eigenvalue weighted by molar-refractivity contribution is 7.98. The Bertz CT molecular complexity index is 465. The standard InChI is InChI=1S/C16H22ClNO2S/c1-2-20-16(19)15(18-13-7-8-13)9-10-21-11-12-5-3-4-6-14(12)17/h3-6,13,15,18H,2,7-11H2,1H3. The fourth-order valence-corrected chi connectivity index (χ4v) is 3.35. The van der Waals surface area contributed by atoms with Gasteiger partial charge < -0.3 is 10.1 Å². The summed E-state index contributed by atoms with van der Waals surface area (Å²) in [5, 5.41) is 4.18. The van der Waals surface area contributed by atoms with E-state index in [-0.39, 0.29) is 12.0 Å². The first-order chi connectivity index (χ1) is 10.2. The van der Waals surface area contributed by atoms with Crippen LogP contribution in [0.25, 0.3) is 0 Å². The van der Waals surface area contributed by atoms with Crippen LogP contribution in [0.3, 0.4) is 0 Å². The molecule has 0 spiro atoms. The number of thioether (sulfide) groups is 1. The van der Waals surface area contributed by atoms with Gasteiger partial charge in [-0.3, -0.25) is 4.79 Å². The number of benzene rings is 1. The lowest BCUT2D eigenvalue weighted by Crippen LogP contribution is -2.39. The van der Waals surface area contributed by atoms with Gasteiger partial charge in [0.2, 0.25) is 0 Å². The largest absolute Gasteiger partial charge is 0.465 e. The maximum Gasteiger partial charge on any atom is 0.323 e. The fourth-order valence-electron chi connectivity index (χ4n) is 2.05. The van der Waals surface area contributed by atoms with E-state index < -0.39 is 0 Å². The summed E-state index contributed by atoms with van der Waals surface area (Å²) in [4.78, 5) is 11.9. The van der Waals surface area contributed by atoms with Crippen molar-refractivity contribution in [3.63, 3.8) is 0 Å². The van der Waals surface area contributed by atoms with Crippen LogP contribution >= 0.6 is 23.4 Å². The SMILES string of the molecule is CCOC(=O)C(CCSCc1ccccc1Cl)NC1CC1. The third-order valence-electron chi connectivity index (χ3n) is 3.35. The van der Waals surface area contributed by atoms with E-state index in [1.165, 1.54) is 12.8 Å². The number of carbonyl (C=O) groups is 1. The molecule has 1 aliphatic rings. The van der Waals surface area contributed by atoms with Crippen LogP contribution in [0.15, 0.2) is 24.3 Å². The summed E-state index contributed by atoms with van der Waals surface area (Å²) in [6.45, 7) is 2.28. The molecule has 1 atom stereocenters. The van der Waals surface area contributed by atoms with Crippen LogP contribution in [-0.4, -0.2) is 30.4 Å². The van der Waals surface area contributed by atoms with Crippen molar-refractivity contribution in [2.75, 3.05) is 12.4 Å². The van der Waals surface area contributed by atoms with Crippen molar-refractivity contribution in [1.29, 1.82) is 0 Å². The summed E-state index contributed by atoms with van der Waals surface area (Å²) >= 11 is 7.93. The minimum Gasteiger partial charge on any atom is -0.465 e. The van der Waals surface area contributed by atoms with E-state index in [1.807, 2.05) is 31.2 Å². The van der Waals surface area contributed by atoms with E-state index in [0.717, 1.165) is 28.5 Å². The highest BCUT2D eigenvalue weighted by Gasteiger charge is 2.28. The van der Waals surface area contributed by atoms with E-state index >= 15 is 0 Å². The molecule has 1 aromatic rings. The zero-order valence-electron chi connectivity index (χ0n) is 12.3. The molecule has 0 bridgehead atoms. The molecule has 1 saturated carbocycles. The second-order valence-corrected chi connectivity index (χ2v) is 6.69. The Morgan fingerprint density at radius 1 is 1.48 bits per heavy atom. The molecular weight excluding hydrogens is 306 g/mol. The van der Waals surface area contributed by atoms with Crippen molar-refractivity contribution in [2.24, 2.45) is 0 Å². The minimum atomic E-state index is -0.170. The van der Waals surface area contributed by atoms with Gasteiger partial charge >= 0.3 is 5.97 Å². The Hall–Kier alpha value is -0.710. The summed E-state index contributed by atoms with van der Waals surface area (Å²) in [6, 6.07) is 8.22. The maximum absolute atomic E-state index is 11.9. The van der Waals surface area contributed by atoms with Gasteiger partial charge in [0.25, 0.3) is 0 Å². The number of carbonyl (C=O) groups excluding carboxylic acids is 1. The second-order valence-electron chi connectivity index (χ2n) is 5.18. The average molecular weight is 328 g/mol. The molecule has 1 N–H and O–H groups in total. The molecule has 1 fully saturated rings. The normalized spacial score (nSPS) is 15.7. The van der Waals surface area contributed by atoms with Gasteiger partial charge in [0.05, 0.1) is 6.61 Å². The van der Waals surface area contributed by atoms with E-state index in [9.17, 15) is 4.79 Å². The number of rotatable bonds is 9. The summed E-state index contributed by atoms with van der Waals surface area (Å²) in [7, 11) is 0. The molecule has 21 heavy (non-hydrogen) atoms. The van der Waals surface area contributed by atoms with Crippen molar-refractivity contribution in [2.45, 2.75) is 44.0 Å². The smallest absolute Gasteiger partial charge is 0.323 e. The molecule has 0 radical (unpaired) electrons. The van der Waals surface area contributed by atoms with Gasteiger partial charge in [-0.15, -0.1) is 0 Å². The van der Waals surface area contributed by atoms with Crippen molar-refractivity contribution in [3.05, 3.63) is 34.9 Å². The summed E-state index contributed by atoms with van der Waals surface area (Å²) in [6.07, 6.45) is 3.13. The van der Waals surface area contributed by atoms with Crippen LogP contribution < -0.4 is 5.32 Å². The molecule has 2 rings (SSSR count). The van der Waals surface area contributed by atoms with Crippen LogP contribution in [0.1, 0.15) is 31.7 Å². The van der Waals surface area contributed by atoms with Crippen molar-refractivity contribution in [3.8, 4) is 0 Å². The Balaban J connectivity index is 1.73. The first-order valence-electron chi connectivity index (χ1n) is 7.44. The number of hydrogen-bond donors (Lipinski definition) is 1. The number of hydrogen-bond acceptors (Lipinski definition) is 4. The topological polar surface area (TPSA) is 38.3 Å². The highest BCUT2D eigenvalue weighted by Crippen LogP contribution is 2.23. The van der Waals surface area contributed by atoms with Gasteiger partial charge in [-0.05, 0) is 43.6 Å². The van der Waals surface area contributed by atoms with Gasteiger partial charge in [0, 0.05) is 16.8 Å². The Morgan fingerprint density at radius 2 is 2.24 bits per heavy atom. The van der Waals surface area contributed by atoms with E-state index in [0.29, 0.717) is 12.6 Å². The Morgan fingerprint density at radius 3 is 2.90 bits per heavy atom. The average Bonchev–Trinajstić information content (AvgIpc) is 3.28. The molecule has 3 nitrogen and oxygen atoms in total. The lowest BCUT2D eigenvalue weighted by molar-refractivity contribution is -0.145. The van der Waals surface area contributed by atoms with Crippen molar-refractivity contribution < 1.29 is 9.53 Å². The van der Waals surface area contributed by atoms with Gasteiger partial charge in [0.1, 0.15) is 6.04 Å². The molecule has 1 unspecified atom stereocenters. The molecule has 116 valence electrons. The van der Waals surface area contributed by atoms with Crippen LogP contribution in [0.5, 0.6) is 0 Å². The fraction of sp³-hybridized carbons (Fsp3) is 0.562. The van der Waals surface area contributed by atoms with Crippen LogP contribution in [0, 0.1) is 0 Å². The third-order valence-corrected chi connectivity index (χ3v) is 4.76. The molecule has 0 saturated heterocycles. The summed E-state index contributed by atoms with van der Waals surface area (Å²) in [5.41, 5.74) is 1.15. The zero-order valence-corrected chi connectivity index (χ0v) is 13.9. The third kappa shape index (κ3) is 5.89. The molecular formula is C16H22ClNO2S. The first-order valence-corrected chi connectivity index (χ1v) is 8.97. The van der Waals surface area contributed by atoms with Crippen molar-refractivity contribution >= 4 is 29.3 Å². The van der Waals surface area contributed by atoms with Gasteiger partial charge in [-0.1, -0.05) is 29.8 Å². The Kier molecular flexibility index (Phi) is 6.87. The van der Waals surface area contributed by atoms with Crippen LogP contribution in [-0.2, 0) is 15.3 Å². The van der Waals surface area contributed by atoms with E-state index in [1.54, 1.807) is 11.8 Å². The molecule has 0 aromatic heterocycles. The maximum atomic E-state index is 11.9. The summed E-state index contributed by atoms with van der Waals surface area (Å²) in [5.74, 6) is 1.66. The molecule has 0 heterocycles. The molecule has 5 heteroatoms. The number of esters is 1. The quantitative estimate of drug-likeness (QED) is 0.555. The van der Waals surface area contributed by atoms with Crippen molar-refractivity contribution in [1.82, 2.24) is 5.32 Å². The monoisotopic (exact) mass is 327 g/mol. The summed E-state index contributed by atoms with van der Waals surface area (Å²) < 4.78 is 5.14. The van der Waals surface area contributed by atoms with Crippen LogP contribution in [0.4, 0.5) is 0 Å². The van der Waals surface area contributed by atoms with Gasteiger partial charge in [-0.25, -0.2) is 0 Å². The highest BCUT2D eigenvalue weighted by atomic mass is 35.5. The lowest BCUT2D eigenvalue weighted by atomic mass is 10.2. The van der Waals surface area contributed by atoms with Crippen LogP contribution in [0.2, 0.25) is 5.02 Å². The number of halogens is 1. The molecule has 0 amide bonds. The molecule has 1 aromatic carbocycles. The Labute approximate surface area is 135 Å². The minimum absolute atomic E-state index is 0.122. The predicted molar refractivity (Wildman–Crippen MR) is 88.8 cm³/mol. The predicted octanol–water partition coefficient (Wildman–Crippen LogP) is 3.65. The molecule has 0 aliphatic heterocycles.